The Balaban J connectivity index is 1.92. The Morgan fingerprint density at radius 3 is 2.33 bits per heavy atom. The van der Waals surface area contributed by atoms with Gasteiger partial charge >= 0.3 is 0 Å². The number of methoxy groups -OCH3 is 1. The topological polar surface area (TPSA) is 75.7 Å². The van der Waals surface area contributed by atoms with Gasteiger partial charge in [0.05, 0.1) is 13.2 Å². The van der Waals surface area contributed by atoms with Crippen LogP contribution >= 0.6 is 0 Å². The summed E-state index contributed by atoms with van der Waals surface area (Å²) >= 11 is 0. The maximum Gasteiger partial charge on any atom is 0.251 e. The molecule has 1 aliphatic rings. The maximum absolute atomic E-state index is 13.2. The van der Waals surface area contributed by atoms with E-state index in [4.69, 9.17) is 4.74 Å². The summed E-state index contributed by atoms with van der Waals surface area (Å²) in [4.78, 5) is 13.1. The third-order valence-corrected chi connectivity index (χ3v) is 7.59. The molecule has 0 heterocycles. The Morgan fingerprint density at radius 1 is 1.07 bits per heavy atom. The third-order valence-electron chi connectivity index (χ3n) is 5.75. The minimum absolute atomic E-state index is 0.0171. The molecule has 1 amide bonds. The summed E-state index contributed by atoms with van der Waals surface area (Å²) in [6.45, 7) is 0. The van der Waals surface area contributed by atoms with Gasteiger partial charge in [-0.25, -0.2) is 12.7 Å². The van der Waals surface area contributed by atoms with Crippen molar-refractivity contribution in [1.29, 1.82) is 0 Å². The smallest absolute Gasteiger partial charge is 0.251 e. The Bertz CT molecular complexity index is 968. The molecule has 2 aromatic rings. The number of nitrogens with one attached hydrogen (secondary N) is 1. The number of hydrogen-bond acceptors (Lipinski definition) is 4. The van der Waals surface area contributed by atoms with Crippen molar-refractivity contribution in [2.45, 2.75) is 43.0 Å². The van der Waals surface area contributed by atoms with Crippen molar-refractivity contribution >= 4 is 15.9 Å². The van der Waals surface area contributed by atoms with Gasteiger partial charge in [0, 0.05) is 19.7 Å². The van der Waals surface area contributed by atoms with Crippen LogP contribution in [0.3, 0.4) is 0 Å². The monoisotopic (exact) mass is 430 g/mol. The Labute approximate surface area is 179 Å². The molecule has 162 valence electrons. The van der Waals surface area contributed by atoms with Crippen LogP contribution in [0.4, 0.5) is 0 Å². The molecule has 6 nitrogen and oxygen atoms in total. The molecule has 1 N–H and O–H groups in total. The summed E-state index contributed by atoms with van der Waals surface area (Å²) in [5.74, 6) is 0.299. The van der Waals surface area contributed by atoms with Gasteiger partial charge in [-0.1, -0.05) is 49.6 Å². The molecule has 1 unspecified atom stereocenters. The lowest BCUT2D eigenvalue weighted by Gasteiger charge is -2.31. The quantitative estimate of drug-likeness (QED) is 0.720. The number of rotatable bonds is 7. The fourth-order valence-electron chi connectivity index (χ4n) is 4.04. The lowest BCUT2D eigenvalue weighted by molar-refractivity contribution is 0.0912. The van der Waals surface area contributed by atoms with Crippen molar-refractivity contribution < 1.29 is 17.9 Å². The average Bonchev–Trinajstić information content (AvgIpc) is 2.77. The molecule has 1 fully saturated rings. The fourth-order valence-corrected chi connectivity index (χ4v) is 5.12. The number of sulfonamides is 1. The van der Waals surface area contributed by atoms with Gasteiger partial charge in [0.2, 0.25) is 10.0 Å². The first-order valence-electron chi connectivity index (χ1n) is 10.3. The molecule has 0 radical (unpaired) electrons. The number of nitrogens with zero attached hydrogens (tertiary/aromatic N) is 1. The Kier molecular flexibility index (Phi) is 7.15. The second-order valence-electron chi connectivity index (χ2n) is 7.91. The van der Waals surface area contributed by atoms with Crippen molar-refractivity contribution in [3.63, 3.8) is 0 Å². The number of hydrogen-bond donors (Lipinski definition) is 1. The highest BCUT2D eigenvalue weighted by atomic mass is 32.2. The lowest BCUT2D eigenvalue weighted by atomic mass is 9.81. The molecule has 1 aliphatic carbocycles. The molecule has 7 heteroatoms. The largest absolute Gasteiger partial charge is 0.495 e. The normalized spacial score (nSPS) is 16.3. The van der Waals surface area contributed by atoms with E-state index in [1.807, 2.05) is 30.3 Å². The van der Waals surface area contributed by atoms with Crippen LogP contribution in [-0.4, -0.2) is 39.8 Å². The SMILES string of the molecule is COc1ccc(C(=O)NC(c2ccccc2)C2CCCCC2)cc1S(=O)(=O)N(C)C. The van der Waals surface area contributed by atoms with Crippen molar-refractivity contribution in [2.24, 2.45) is 5.92 Å². The maximum atomic E-state index is 13.2. The summed E-state index contributed by atoms with van der Waals surface area (Å²) in [6.07, 6.45) is 5.71. The van der Waals surface area contributed by atoms with Gasteiger partial charge in [0.25, 0.3) is 5.91 Å². The molecule has 2 aromatic carbocycles. The van der Waals surface area contributed by atoms with Crippen LogP contribution < -0.4 is 10.1 Å². The van der Waals surface area contributed by atoms with E-state index in [0.717, 1.165) is 35.6 Å². The van der Waals surface area contributed by atoms with E-state index in [9.17, 15) is 13.2 Å². The third kappa shape index (κ3) is 4.84. The fraction of sp³-hybridized carbons (Fsp3) is 0.435. The molecule has 0 bridgehead atoms. The van der Waals surface area contributed by atoms with Crippen molar-refractivity contribution in [2.75, 3.05) is 21.2 Å². The van der Waals surface area contributed by atoms with Crippen LogP contribution in [0.25, 0.3) is 0 Å². The van der Waals surface area contributed by atoms with Crippen molar-refractivity contribution in [3.05, 3.63) is 59.7 Å². The average molecular weight is 431 g/mol. The first kappa shape index (κ1) is 22.3. The summed E-state index contributed by atoms with van der Waals surface area (Å²) in [5, 5.41) is 3.18. The van der Waals surface area contributed by atoms with E-state index >= 15 is 0 Å². The summed E-state index contributed by atoms with van der Waals surface area (Å²) in [6, 6.07) is 14.4. The highest BCUT2D eigenvalue weighted by molar-refractivity contribution is 7.89. The van der Waals surface area contributed by atoms with Gasteiger partial charge in [-0.15, -0.1) is 0 Å². The highest BCUT2D eigenvalue weighted by Crippen LogP contribution is 2.35. The molecule has 1 saturated carbocycles. The molecular formula is C23H30N2O4S. The van der Waals surface area contributed by atoms with Gasteiger partial charge in [-0.2, -0.15) is 0 Å². The molecule has 0 saturated heterocycles. The van der Waals surface area contributed by atoms with Crippen LogP contribution in [-0.2, 0) is 10.0 Å². The predicted molar refractivity (Wildman–Crippen MR) is 117 cm³/mol. The number of benzene rings is 2. The van der Waals surface area contributed by atoms with Crippen LogP contribution in [0.1, 0.15) is 54.1 Å². The zero-order valence-electron chi connectivity index (χ0n) is 17.8. The van der Waals surface area contributed by atoms with E-state index < -0.39 is 10.0 Å². The minimum Gasteiger partial charge on any atom is -0.495 e. The van der Waals surface area contributed by atoms with E-state index in [2.05, 4.69) is 5.32 Å². The Hall–Kier alpha value is -2.38. The summed E-state index contributed by atoms with van der Waals surface area (Å²) < 4.78 is 31.7. The number of amides is 1. The number of ether oxygens (including phenoxy) is 1. The summed E-state index contributed by atoms with van der Waals surface area (Å²) in [7, 11) is 0.575. The first-order chi connectivity index (χ1) is 14.3. The molecule has 30 heavy (non-hydrogen) atoms. The van der Waals surface area contributed by atoms with Crippen molar-refractivity contribution in [1.82, 2.24) is 9.62 Å². The van der Waals surface area contributed by atoms with Gasteiger partial charge < -0.3 is 10.1 Å². The molecule has 1 atom stereocenters. The highest BCUT2D eigenvalue weighted by Gasteiger charge is 2.28. The number of carbonyl (C=O) groups excluding carboxylic acids is 1. The molecular weight excluding hydrogens is 400 g/mol. The molecule has 0 spiro atoms. The standard InChI is InChI=1S/C23H30N2O4S/c1-25(2)30(27,28)21-16-19(14-15-20(21)29-3)23(26)24-22(17-10-6-4-7-11-17)18-12-8-5-9-13-18/h4,6-7,10-11,14-16,18,22H,5,8-9,12-13H2,1-3H3,(H,24,26). The van der Waals surface area contributed by atoms with Crippen LogP contribution in [0.2, 0.25) is 0 Å². The zero-order valence-corrected chi connectivity index (χ0v) is 18.6. The van der Waals surface area contributed by atoms with Crippen LogP contribution in [0.15, 0.2) is 53.4 Å². The van der Waals surface area contributed by atoms with E-state index in [-0.39, 0.29) is 22.6 Å². The second-order valence-corrected chi connectivity index (χ2v) is 10.0. The summed E-state index contributed by atoms with van der Waals surface area (Å²) in [5.41, 5.74) is 1.38. The molecule has 3 rings (SSSR count). The van der Waals surface area contributed by atoms with Gasteiger partial charge in [0.15, 0.2) is 0 Å². The first-order valence-corrected chi connectivity index (χ1v) is 11.7. The minimum atomic E-state index is -3.75. The van der Waals surface area contributed by atoms with Gasteiger partial charge in [0.1, 0.15) is 10.6 Å². The molecule has 0 aliphatic heterocycles. The lowest BCUT2D eigenvalue weighted by Crippen LogP contribution is -2.34. The molecule has 0 aromatic heterocycles. The second kappa shape index (κ2) is 9.62. The van der Waals surface area contributed by atoms with Gasteiger partial charge in [-0.05, 0) is 42.5 Å². The van der Waals surface area contributed by atoms with E-state index in [1.54, 1.807) is 6.07 Å². The number of carbonyl (C=O) groups is 1. The van der Waals surface area contributed by atoms with E-state index in [1.165, 1.54) is 39.8 Å². The van der Waals surface area contributed by atoms with Crippen LogP contribution in [0.5, 0.6) is 5.75 Å². The predicted octanol–water partition coefficient (Wildman–Crippen LogP) is 4.00. The van der Waals surface area contributed by atoms with Gasteiger partial charge in [-0.3, -0.25) is 4.79 Å². The zero-order chi connectivity index (χ0) is 21.7. The Morgan fingerprint density at radius 2 is 1.73 bits per heavy atom. The van der Waals surface area contributed by atoms with E-state index in [0.29, 0.717) is 11.5 Å². The van der Waals surface area contributed by atoms with Crippen molar-refractivity contribution in [3.8, 4) is 5.75 Å². The van der Waals surface area contributed by atoms with Crippen LogP contribution in [0, 0.1) is 5.92 Å².